The van der Waals surface area contributed by atoms with Crippen LogP contribution in [0.4, 0.5) is 4.39 Å². The highest BCUT2D eigenvalue weighted by molar-refractivity contribution is 5.97. The van der Waals surface area contributed by atoms with Gasteiger partial charge < -0.3 is 4.74 Å². The molecule has 3 heteroatoms. The van der Waals surface area contributed by atoms with Crippen LogP contribution < -0.4 is 4.74 Å². The summed E-state index contributed by atoms with van der Waals surface area (Å²) >= 11 is 0. The summed E-state index contributed by atoms with van der Waals surface area (Å²) in [6.07, 6.45) is 0. The second-order valence-electron chi connectivity index (χ2n) is 5.08. The lowest BCUT2D eigenvalue weighted by Gasteiger charge is -2.11. The molecule has 2 nitrogen and oxygen atoms in total. The maximum Gasteiger partial charge on any atom is 0.200 e. The first-order valence-corrected chi connectivity index (χ1v) is 7.30. The summed E-state index contributed by atoms with van der Waals surface area (Å²) in [4.78, 5) is 12.1. The van der Waals surface area contributed by atoms with Gasteiger partial charge in [-0.15, -0.1) is 0 Å². The molecule has 0 radical (unpaired) electrons. The molecule has 0 unspecified atom stereocenters. The van der Waals surface area contributed by atoms with Crippen LogP contribution in [0, 0.1) is 5.82 Å². The van der Waals surface area contributed by atoms with Gasteiger partial charge in [0, 0.05) is 11.1 Å². The van der Waals surface area contributed by atoms with Crippen LogP contribution in [0.3, 0.4) is 0 Å². The first kappa shape index (κ1) is 15.0. The fraction of sp³-hybridized carbons (Fsp3) is 0.0500. The third-order valence-electron chi connectivity index (χ3n) is 3.50. The number of halogens is 1. The lowest BCUT2D eigenvalue weighted by molar-refractivity contribution is 0.0922. The number of Topliss-reactive ketones (excluding diaryl/α,β-unsaturated/α-hetero) is 1. The Morgan fingerprint density at radius 3 is 2.22 bits per heavy atom. The fourth-order valence-electron chi connectivity index (χ4n) is 2.31. The molecule has 0 heterocycles. The van der Waals surface area contributed by atoms with E-state index in [1.54, 1.807) is 0 Å². The number of rotatable bonds is 5. The van der Waals surface area contributed by atoms with Gasteiger partial charge in [-0.2, -0.15) is 0 Å². The zero-order chi connectivity index (χ0) is 16.1. The van der Waals surface area contributed by atoms with E-state index < -0.39 is 0 Å². The maximum atomic E-state index is 12.9. The van der Waals surface area contributed by atoms with Gasteiger partial charge in [0.25, 0.3) is 0 Å². The molecule has 0 aliphatic rings. The summed E-state index contributed by atoms with van der Waals surface area (Å²) in [5.74, 6) is 0.0962. The minimum atomic E-state index is -0.364. The van der Waals surface area contributed by atoms with Crippen molar-refractivity contribution in [3.05, 3.63) is 90.2 Å². The quantitative estimate of drug-likeness (QED) is 0.636. The summed E-state index contributed by atoms with van der Waals surface area (Å²) in [7, 11) is 0. The monoisotopic (exact) mass is 306 g/mol. The Bertz CT molecular complexity index is 795. The average molecular weight is 306 g/mol. The highest BCUT2D eigenvalue weighted by Crippen LogP contribution is 2.29. The lowest BCUT2D eigenvalue weighted by atomic mass is 10.0. The molecule has 0 aliphatic carbocycles. The number of para-hydroxylation sites is 1. The molecule has 3 aromatic carbocycles. The summed E-state index contributed by atoms with van der Waals surface area (Å²) in [6.45, 7) is -0.0878. The van der Waals surface area contributed by atoms with Gasteiger partial charge >= 0.3 is 0 Å². The normalized spacial score (nSPS) is 10.3. The largest absolute Gasteiger partial charge is 0.485 e. The van der Waals surface area contributed by atoms with Crippen LogP contribution >= 0.6 is 0 Å². The SMILES string of the molecule is O=C(COc1ccccc1-c1ccccc1)c1ccc(F)cc1. The van der Waals surface area contributed by atoms with Crippen LogP contribution in [0.5, 0.6) is 5.75 Å². The number of carbonyl (C=O) groups excluding carboxylic acids is 1. The van der Waals surface area contributed by atoms with Crippen LogP contribution in [0.15, 0.2) is 78.9 Å². The van der Waals surface area contributed by atoms with Crippen molar-refractivity contribution in [3.63, 3.8) is 0 Å². The van der Waals surface area contributed by atoms with Gasteiger partial charge in [-0.1, -0.05) is 48.5 Å². The van der Waals surface area contributed by atoms with E-state index in [1.165, 1.54) is 24.3 Å². The predicted octanol–water partition coefficient (Wildman–Crippen LogP) is 4.75. The van der Waals surface area contributed by atoms with E-state index in [1.807, 2.05) is 54.6 Å². The molecule has 0 saturated carbocycles. The predicted molar refractivity (Wildman–Crippen MR) is 88.1 cm³/mol. The Kier molecular flexibility index (Phi) is 4.48. The van der Waals surface area contributed by atoms with E-state index >= 15 is 0 Å². The van der Waals surface area contributed by atoms with Gasteiger partial charge in [-0.3, -0.25) is 4.79 Å². The second kappa shape index (κ2) is 6.88. The van der Waals surface area contributed by atoms with Crippen molar-refractivity contribution in [1.29, 1.82) is 0 Å². The van der Waals surface area contributed by atoms with E-state index in [2.05, 4.69) is 0 Å². The molecule has 114 valence electrons. The standard InChI is InChI=1S/C20H15FO2/c21-17-12-10-16(11-13-17)19(22)14-23-20-9-5-4-8-18(20)15-6-2-1-3-7-15/h1-13H,14H2. The smallest absolute Gasteiger partial charge is 0.200 e. The zero-order valence-electron chi connectivity index (χ0n) is 12.4. The summed E-state index contributed by atoms with van der Waals surface area (Å²) in [6, 6.07) is 22.9. The molecule has 0 amide bonds. The van der Waals surface area contributed by atoms with Crippen molar-refractivity contribution in [2.75, 3.05) is 6.61 Å². The molecule has 0 aromatic heterocycles. The van der Waals surface area contributed by atoms with Crippen molar-refractivity contribution in [3.8, 4) is 16.9 Å². The number of benzene rings is 3. The van der Waals surface area contributed by atoms with E-state index in [-0.39, 0.29) is 18.2 Å². The Morgan fingerprint density at radius 2 is 1.48 bits per heavy atom. The first-order valence-electron chi connectivity index (χ1n) is 7.30. The van der Waals surface area contributed by atoms with Gasteiger partial charge in [0.05, 0.1) is 0 Å². The fourth-order valence-corrected chi connectivity index (χ4v) is 2.31. The lowest BCUT2D eigenvalue weighted by Crippen LogP contribution is -2.12. The molecule has 0 spiro atoms. The van der Waals surface area contributed by atoms with Gasteiger partial charge in [0.2, 0.25) is 0 Å². The van der Waals surface area contributed by atoms with Crippen molar-refractivity contribution in [1.82, 2.24) is 0 Å². The maximum absolute atomic E-state index is 12.9. The van der Waals surface area contributed by atoms with E-state index in [9.17, 15) is 9.18 Å². The summed E-state index contributed by atoms with van der Waals surface area (Å²) < 4.78 is 18.6. The van der Waals surface area contributed by atoms with Crippen LogP contribution in [-0.4, -0.2) is 12.4 Å². The van der Waals surface area contributed by atoms with E-state index in [4.69, 9.17) is 4.74 Å². The Morgan fingerprint density at radius 1 is 0.826 bits per heavy atom. The van der Waals surface area contributed by atoms with Crippen LogP contribution in [0.1, 0.15) is 10.4 Å². The van der Waals surface area contributed by atoms with Crippen LogP contribution in [0.2, 0.25) is 0 Å². The zero-order valence-corrected chi connectivity index (χ0v) is 12.4. The first-order chi connectivity index (χ1) is 11.2. The Hall–Kier alpha value is -2.94. The third kappa shape index (κ3) is 3.64. The van der Waals surface area contributed by atoms with Crippen molar-refractivity contribution in [2.24, 2.45) is 0 Å². The molecule has 0 fully saturated rings. The van der Waals surface area contributed by atoms with Gasteiger partial charge in [0.15, 0.2) is 12.4 Å². The third-order valence-corrected chi connectivity index (χ3v) is 3.50. The van der Waals surface area contributed by atoms with Crippen LogP contribution in [0.25, 0.3) is 11.1 Å². The molecule has 0 N–H and O–H groups in total. The van der Waals surface area contributed by atoms with E-state index in [0.717, 1.165) is 11.1 Å². The number of carbonyl (C=O) groups is 1. The molecule has 0 aliphatic heterocycles. The van der Waals surface area contributed by atoms with Crippen molar-refractivity contribution >= 4 is 5.78 Å². The Labute approximate surface area is 134 Å². The Balaban J connectivity index is 1.76. The molecular weight excluding hydrogens is 291 g/mol. The summed E-state index contributed by atoms with van der Waals surface area (Å²) in [5, 5.41) is 0. The number of ketones is 1. The van der Waals surface area contributed by atoms with Crippen molar-refractivity contribution < 1.29 is 13.9 Å². The number of hydrogen-bond donors (Lipinski definition) is 0. The van der Waals surface area contributed by atoms with Crippen molar-refractivity contribution in [2.45, 2.75) is 0 Å². The molecule has 23 heavy (non-hydrogen) atoms. The molecule has 0 bridgehead atoms. The molecule has 0 saturated heterocycles. The highest BCUT2D eigenvalue weighted by Gasteiger charge is 2.10. The molecule has 0 atom stereocenters. The molecule has 3 aromatic rings. The van der Waals surface area contributed by atoms with E-state index in [0.29, 0.717) is 11.3 Å². The highest BCUT2D eigenvalue weighted by atomic mass is 19.1. The number of ether oxygens (including phenoxy) is 1. The minimum absolute atomic E-state index is 0.0878. The summed E-state index contributed by atoms with van der Waals surface area (Å²) in [5.41, 5.74) is 2.39. The average Bonchev–Trinajstić information content (AvgIpc) is 2.61. The molecular formula is C20H15FO2. The molecule has 3 rings (SSSR count). The second-order valence-corrected chi connectivity index (χ2v) is 5.08. The topological polar surface area (TPSA) is 26.3 Å². The number of hydrogen-bond acceptors (Lipinski definition) is 2. The van der Waals surface area contributed by atoms with Crippen LogP contribution in [-0.2, 0) is 0 Å². The van der Waals surface area contributed by atoms with Gasteiger partial charge in [-0.25, -0.2) is 4.39 Å². The van der Waals surface area contributed by atoms with Gasteiger partial charge in [0.1, 0.15) is 11.6 Å². The van der Waals surface area contributed by atoms with Gasteiger partial charge in [-0.05, 0) is 35.9 Å². The minimum Gasteiger partial charge on any atom is -0.485 e.